The molecular formula is C12H16N6O3. The molecule has 1 atom stereocenters. The van der Waals surface area contributed by atoms with Crippen LogP contribution in [-0.4, -0.2) is 38.8 Å². The van der Waals surface area contributed by atoms with Crippen LogP contribution in [0.25, 0.3) is 5.69 Å². The Morgan fingerprint density at radius 2 is 2.29 bits per heavy atom. The molecule has 1 heterocycles. The van der Waals surface area contributed by atoms with Crippen LogP contribution in [0.2, 0.25) is 0 Å². The minimum absolute atomic E-state index is 0.0525. The van der Waals surface area contributed by atoms with Gasteiger partial charge in [-0.1, -0.05) is 6.92 Å². The number of nitro benzene ring substituents is 1. The number of methoxy groups -OCH3 is 1. The number of ether oxygens (including phenoxy) is 1. The van der Waals surface area contributed by atoms with Gasteiger partial charge in [0.2, 0.25) is 0 Å². The molecule has 2 aromatic rings. The summed E-state index contributed by atoms with van der Waals surface area (Å²) in [6.07, 6.45) is 0. The van der Waals surface area contributed by atoms with Gasteiger partial charge in [-0.05, 0) is 30.0 Å². The quantitative estimate of drug-likeness (QED) is 0.630. The van der Waals surface area contributed by atoms with E-state index in [4.69, 9.17) is 4.74 Å². The molecule has 0 fully saturated rings. The van der Waals surface area contributed by atoms with Crippen LogP contribution in [0.15, 0.2) is 18.2 Å². The Bertz CT molecular complexity index is 642. The van der Waals surface area contributed by atoms with Crippen molar-refractivity contribution < 1.29 is 9.66 Å². The number of nitro groups is 1. The number of aromatic nitrogens is 4. The van der Waals surface area contributed by atoms with Crippen molar-refractivity contribution in [1.29, 1.82) is 0 Å². The molecule has 0 spiro atoms. The van der Waals surface area contributed by atoms with Gasteiger partial charge in [0.05, 0.1) is 18.1 Å². The second kappa shape index (κ2) is 6.27. The van der Waals surface area contributed by atoms with Gasteiger partial charge < -0.3 is 10.1 Å². The summed E-state index contributed by atoms with van der Waals surface area (Å²) in [5, 5.41) is 25.7. The molecule has 1 unspecified atom stereocenters. The zero-order chi connectivity index (χ0) is 15.4. The number of tetrazole rings is 1. The van der Waals surface area contributed by atoms with E-state index in [1.807, 2.05) is 13.8 Å². The SMILES string of the molecule is CCNC(C)c1nnnn1-c1cc([N+](=O)[O-])ccc1OC. The van der Waals surface area contributed by atoms with Crippen LogP contribution >= 0.6 is 0 Å². The topological polar surface area (TPSA) is 108 Å². The van der Waals surface area contributed by atoms with Crippen LogP contribution in [0, 0.1) is 10.1 Å². The van der Waals surface area contributed by atoms with Gasteiger partial charge in [-0.2, -0.15) is 4.68 Å². The molecule has 0 bridgehead atoms. The number of rotatable bonds is 6. The summed E-state index contributed by atoms with van der Waals surface area (Å²) in [6.45, 7) is 4.63. The molecule has 2 rings (SSSR count). The van der Waals surface area contributed by atoms with Crippen molar-refractivity contribution >= 4 is 5.69 Å². The maximum Gasteiger partial charge on any atom is 0.271 e. The van der Waals surface area contributed by atoms with E-state index < -0.39 is 4.92 Å². The lowest BCUT2D eigenvalue weighted by Crippen LogP contribution is -2.21. The van der Waals surface area contributed by atoms with Crippen molar-refractivity contribution in [2.75, 3.05) is 13.7 Å². The molecule has 0 aliphatic carbocycles. The fraction of sp³-hybridized carbons (Fsp3) is 0.417. The first-order chi connectivity index (χ1) is 10.1. The third-order valence-electron chi connectivity index (χ3n) is 2.99. The van der Waals surface area contributed by atoms with E-state index in [9.17, 15) is 10.1 Å². The number of benzene rings is 1. The highest BCUT2D eigenvalue weighted by Gasteiger charge is 2.20. The molecular weight excluding hydrogens is 276 g/mol. The molecule has 1 N–H and O–H groups in total. The van der Waals surface area contributed by atoms with E-state index in [0.717, 1.165) is 6.54 Å². The third-order valence-corrected chi connectivity index (χ3v) is 2.99. The van der Waals surface area contributed by atoms with Crippen molar-refractivity contribution in [1.82, 2.24) is 25.5 Å². The summed E-state index contributed by atoms with van der Waals surface area (Å²) in [5.74, 6) is 1.01. The molecule has 0 aliphatic heterocycles. The summed E-state index contributed by atoms with van der Waals surface area (Å²) < 4.78 is 6.68. The van der Waals surface area contributed by atoms with Crippen LogP contribution in [-0.2, 0) is 0 Å². The summed E-state index contributed by atoms with van der Waals surface area (Å²) >= 11 is 0. The smallest absolute Gasteiger partial charge is 0.271 e. The lowest BCUT2D eigenvalue weighted by atomic mass is 10.2. The summed E-state index contributed by atoms with van der Waals surface area (Å²) in [7, 11) is 1.49. The number of hydrogen-bond acceptors (Lipinski definition) is 7. The van der Waals surface area contributed by atoms with Gasteiger partial charge in [-0.25, -0.2) is 0 Å². The number of nitrogens with one attached hydrogen (secondary N) is 1. The monoisotopic (exact) mass is 292 g/mol. The first-order valence-corrected chi connectivity index (χ1v) is 6.43. The Kier molecular flexibility index (Phi) is 4.43. The first kappa shape index (κ1) is 14.9. The standard InChI is InChI=1S/C12H16N6O3/c1-4-13-8(2)12-14-15-16-17(12)10-7-9(18(19)20)5-6-11(10)21-3/h5-8,13H,4H2,1-3H3. The summed E-state index contributed by atoms with van der Waals surface area (Å²) in [6, 6.07) is 4.18. The molecule has 1 aromatic carbocycles. The molecule has 112 valence electrons. The van der Waals surface area contributed by atoms with Gasteiger partial charge in [0.15, 0.2) is 5.82 Å². The Balaban J connectivity index is 2.53. The van der Waals surface area contributed by atoms with E-state index >= 15 is 0 Å². The first-order valence-electron chi connectivity index (χ1n) is 6.43. The average molecular weight is 292 g/mol. The van der Waals surface area contributed by atoms with Crippen LogP contribution in [0.4, 0.5) is 5.69 Å². The van der Waals surface area contributed by atoms with Crippen molar-refractivity contribution in [2.24, 2.45) is 0 Å². The lowest BCUT2D eigenvalue weighted by Gasteiger charge is -2.13. The molecule has 0 amide bonds. The van der Waals surface area contributed by atoms with Gasteiger partial charge in [-0.15, -0.1) is 5.10 Å². The Hall–Kier alpha value is -2.55. The van der Waals surface area contributed by atoms with Crippen LogP contribution < -0.4 is 10.1 Å². The van der Waals surface area contributed by atoms with Crippen molar-refractivity contribution in [3.63, 3.8) is 0 Å². The molecule has 0 saturated carbocycles. The van der Waals surface area contributed by atoms with Crippen molar-refractivity contribution in [3.05, 3.63) is 34.1 Å². The Morgan fingerprint density at radius 1 is 1.52 bits per heavy atom. The van der Waals surface area contributed by atoms with Crippen LogP contribution in [0.5, 0.6) is 5.75 Å². The predicted octanol–water partition coefficient (Wildman–Crippen LogP) is 1.25. The summed E-state index contributed by atoms with van der Waals surface area (Å²) in [5.41, 5.74) is 0.375. The molecule has 9 nitrogen and oxygen atoms in total. The van der Waals surface area contributed by atoms with Gasteiger partial charge in [-0.3, -0.25) is 10.1 Å². The maximum atomic E-state index is 10.9. The average Bonchev–Trinajstić information content (AvgIpc) is 2.96. The van der Waals surface area contributed by atoms with Gasteiger partial charge in [0.1, 0.15) is 11.4 Å². The maximum absolute atomic E-state index is 10.9. The molecule has 1 aromatic heterocycles. The zero-order valence-electron chi connectivity index (χ0n) is 12.0. The molecule has 9 heteroatoms. The Labute approximate surface area is 121 Å². The van der Waals surface area contributed by atoms with Crippen LogP contribution in [0.1, 0.15) is 25.7 Å². The highest BCUT2D eigenvalue weighted by atomic mass is 16.6. The minimum Gasteiger partial charge on any atom is -0.494 e. The fourth-order valence-electron chi connectivity index (χ4n) is 1.99. The normalized spacial score (nSPS) is 12.1. The van der Waals surface area contributed by atoms with Gasteiger partial charge in [0, 0.05) is 12.1 Å². The van der Waals surface area contributed by atoms with E-state index in [2.05, 4.69) is 20.8 Å². The minimum atomic E-state index is -0.472. The van der Waals surface area contributed by atoms with E-state index in [1.54, 1.807) is 0 Å². The number of nitrogens with zero attached hydrogens (tertiary/aromatic N) is 5. The third kappa shape index (κ3) is 2.97. The largest absolute Gasteiger partial charge is 0.494 e. The van der Waals surface area contributed by atoms with Crippen molar-refractivity contribution in [3.8, 4) is 11.4 Å². The van der Waals surface area contributed by atoms with Gasteiger partial charge >= 0.3 is 0 Å². The van der Waals surface area contributed by atoms with E-state index in [0.29, 0.717) is 17.3 Å². The fourth-order valence-corrected chi connectivity index (χ4v) is 1.99. The predicted molar refractivity (Wildman–Crippen MR) is 74.5 cm³/mol. The second-order valence-electron chi connectivity index (χ2n) is 4.34. The zero-order valence-corrected chi connectivity index (χ0v) is 12.0. The molecule has 0 radical (unpaired) electrons. The van der Waals surface area contributed by atoms with E-state index in [-0.39, 0.29) is 11.7 Å². The molecule has 21 heavy (non-hydrogen) atoms. The number of hydrogen-bond donors (Lipinski definition) is 1. The number of non-ortho nitro benzene ring substituents is 1. The second-order valence-corrected chi connectivity index (χ2v) is 4.34. The summed E-state index contributed by atoms with van der Waals surface area (Å²) in [4.78, 5) is 10.5. The molecule has 0 saturated heterocycles. The Morgan fingerprint density at radius 3 is 2.90 bits per heavy atom. The van der Waals surface area contributed by atoms with Crippen molar-refractivity contribution in [2.45, 2.75) is 19.9 Å². The van der Waals surface area contributed by atoms with Crippen LogP contribution in [0.3, 0.4) is 0 Å². The lowest BCUT2D eigenvalue weighted by molar-refractivity contribution is -0.384. The van der Waals surface area contributed by atoms with Gasteiger partial charge in [0.25, 0.3) is 5.69 Å². The molecule has 0 aliphatic rings. The van der Waals surface area contributed by atoms with E-state index in [1.165, 1.54) is 30.0 Å². The highest BCUT2D eigenvalue weighted by molar-refractivity contribution is 5.53. The highest BCUT2D eigenvalue weighted by Crippen LogP contribution is 2.28.